The summed E-state index contributed by atoms with van der Waals surface area (Å²) in [5, 5.41) is 0. The molecule has 2 atom stereocenters. The van der Waals surface area contributed by atoms with Crippen molar-refractivity contribution in [1.29, 1.82) is 0 Å². The summed E-state index contributed by atoms with van der Waals surface area (Å²) in [5.41, 5.74) is 12.7. The summed E-state index contributed by atoms with van der Waals surface area (Å²) < 4.78 is 2.92. The van der Waals surface area contributed by atoms with E-state index in [1.54, 1.807) is 33.4 Å². The third kappa shape index (κ3) is 2.50. The summed E-state index contributed by atoms with van der Waals surface area (Å²) in [6, 6.07) is 18.4. The molecule has 1 heteroatoms. The van der Waals surface area contributed by atoms with E-state index in [1.807, 2.05) is 0 Å². The van der Waals surface area contributed by atoms with Gasteiger partial charge in [0, 0.05) is 0 Å². The summed E-state index contributed by atoms with van der Waals surface area (Å²) in [4.78, 5) is 0. The van der Waals surface area contributed by atoms with E-state index in [4.69, 9.17) is 0 Å². The van der Waals surface area contributed by atoms with Crippen LogP contribution in [-0.4, -0.2) is 0 Å². The Morgan fingerprint density at radius 3 is 1.48 bits per heavy atom. The Morgan fingerprint density at radius 2 is 1.08 bits per heavy atom. The fraction of sp³-hybridized carbons (Fsp3) is 0.333. The van der Waals surface area contributed by atoms with E-state index in [1.165, 1.54) is 15.3 Å². The van der Waals surface area contributed by atoms with Crippen LogP contribution >= 0.6 is 0 Å². The molecule has 0 spiro atoms. The van der Waals surface area contributed by atoms with Crippen LogP contribution in [0, 0.1) is 0 Å². The Kier molecular flexibility index (Phi) is 4.48. The van der Waals surface area contributed by atoms with Gasteiger partial charge in [0.1, 0.15) is 0 Å². The van der Waals surface area contributed by atoms with Crippen LogP contribution in [0.2, 0.25) is 4.18 Å². The van der Waals surface area contributed by atoms with E-state index >= 15 is 0 Å². The first-order chi connectivity index (χ1) is 12.1. The van der Waals surface area contributed by atoms with Gasteiger partial charge in [-0.3, -0.25) is 0 Å². The van der Waals surface area contributed by atoms with Crippen molar-refractivity contribution in [3.63, 3.8) is 0 Å². The van der Waals surface area contributed by atoms with E-state index in [0.717, 1.165) is 7.35 Å². The Morgan fingerprint density at radius 1 is 0.680 bits per heavy atom. The van der Waals surface area contributed by atoms with E-state index in [2.05, 4.69) is 83.1 Å². The van der Waals surface area contributed by atoms with Crippen LogP contribution in [0.1, 0.15) is 64.2 Å². The Labute approximate surface area is 160 Å². The molecule has 2 aliphatic rings. The number of rotatable bonds is 3. The molecule has 127 valence electrons. The van der Waals surface area contributed by atoms with Crippen molar-refractivity contribution in [3.8, 4) is 0 Å². The minimum atomic E-state index is -2.02. The van der Waals surface area contributed by atoms with Crippen LogP contribution in [0.15, 0.2) is 59.7 Å². The molecule has 25 heavy (non-hydrogen) atoms. The van der Waals surface area contributed by atoms with Crippen LogP contribution in [-0.2, 0) is 21.4 Å². The maximum atomic E-state index is 2.47. The molecule has 2 aromatic rings. The van der Waals surface area contributed by atoms with Crippen LogP contribution < -0.4 is 0 Å². The second-order valence-corrected chi connectivity index (χ2v) is 18.4. The van der Waals surface area contributed by atoms with Gasteiger partial charge in [-0.15, -0.1) is 0 Å². The van der Waals surface area contributed by atoms with Crippen molar-refractivity contribution in [2.24, 2.45) is 0 Å². The van der Waals surface area contributed by atoms with Gasteiger partial charge in [-0.05, 0) is 0 Å². The second-order valence-electron chi connectivity index (χ2n) is 7.59. The standard InChI is InChI=1S/2C11H11.C2H5.Hf/c2*1-8-7-10-5-3-4-6-11(10)9(8)2;1-2;/h2*3-7H,1-2H3;1H2,2H3;. The zero-order valence-electron chi connectivity index (χ0n) is 16.0. The summed E-state index contributed by atoms with van der Waals surface area (Å²) >= 11 is -2.02. The molecule has 0 radical (unpaired) electrons. The average molecular weight is 494 g/mol. The molecule has 0 aliphatic heterocycles. The third-order valence-corrected chi connectivity index (χ3v) is 20.2. The molecule has 0 N–H and O–H groups in total. The Hall–Kier alpha value is -1.21. The van der Waals surface area contributed by atoms with Crippen LogP contribution in [0.25, 0.3) is 11.1 Å². The van der Waals surface area contributed by atoms with Crippen LogP contribution in [0.5, 0.6) is 0 Å². The summed E-state index contributed by atoms with van der Waals surface area (Å²) in [6.07, 6.45) is 0. The van der Waals surface area contributed by atoms with Gasteiger partial charge in [0.2, 0.25) is 0 Å². The summed E-state index contributed by atoms with van der Waals surface area (Å²) in [6.45, 7) is 12.0. The SMILES string of the molecule is C[CH2][Hf]([CH]1C(C)=C(C)c2ccccc21)[CH]1C(C)=C(C)c2ccccc21. The van der Waals surface area contributed by atoms with Gasteiger partial charge in [0.15, 0.2) is 0 Å². The Balaban J connectivity index is 1.86. The first kappa shape index (κ1) is 17.2. The molecular weight excluding hydrogens is 467 g/mol. The molecule has 2 aromatic carbocycles. The van der Waals surface area contributed by atoms with Gasteiger partial charge >= 0.3 is 161 Å². The number of benzene rings is 2. The second kappa shape index (κ2) is 6.50. The normalized spacial score (nSPS) is 21.6. The molecule has 2 aliphatic carbocycles. The molecule has 0 bridgehead atoms. The van der Waals surface area contributed by atoms with Crippen molar-refractivity contribution < 1.29 is 21.4 Å². The molecular formula is C24H27Hf. The molecule has 0 saturated carbocycles. The summed E-state index contributed by atoms with van der Waals surface area (Å²) in [5.74, 6) is 0. The van der Waals surface area contributed by atoms with E-state index in [0.29, 0.717) is 0 Å². The van der Waals surface area contributed by atoms with Gasteiger partial charge in [0.05, 0.1) is 0 Å². The molecule has 0 fully saturated rings. The number of fused-ring (bicyclic) bond motifs is 2. The van der Waals surface area contributed by atoms with Gasteiger partial charge in [0.25, 0.3) is 0 Å². The van der Waals surface area contributed by atoms with Gasteiger partial charge in [-0.25, -0.2) is 0 Å². The van der Waals surface area contributed by atoms with Gasteiger partial charge < -0.3 is 0 Å². The fourth-order valence-electron chi connectivity index (χ4n) is 5.04. The number of hydrogen-bond donors (Lipinski definition) is 0. The monoisotopic (exact) mass is 495 g/mol. The minimum absolute atomic E-state index is 0.755. The quantitative estimate of drug-likeness (QED) is 0.399. The molecule has 0 aromatic heterocycles. The number of allylic oxidation sites excluding steroid dienone is 4. The molecule has 4 rings (SSSR count). The van der Waals surface area contributed by atoms with Crippen molar-refractivity contribution in [1.82, 2.24) is 0 Å². The maximum absolute atomic E-state index is 2.47. The topological polar surface area (TPSA) is 0 Å². The first-order valence-corrected chi connectivity index (χ1v) is 16.1. The first-order valence-electron chi connectivity index (χ1n) is 9.45. The molecule has 2 unspecified atom stereocenters. The summed E-state index contributed by atoms with van der Waals surface area (Å²) in [7, 11) is 0. The van der Waals surface area contributed by atoms with Crippen LogP contribution in [0.4, 0.5) is 0 Å². The van der Waals surface area contributed by atoms with E-state index < -0.39 is 21.4 Å². The van der Waals surface area contributed by atoms with Crippen molar-refractivity contribution >= 4 is 11.1 Å². The van der Waals surface area contributed by atoms with Gasteiger partial charge in [-0.1, -0.05) is 0 Å². The van der Waals surface area contributed by atoms with Gasteiger partial charge in [-0.2, -0.15) is 0 Å². The Bertz CT molecular complexity index is 826. The van der Waals surface area contributed by atoms with Crippen molar-refractivity contribution in [2.75, 3.05) is 0 Å². The van der Waals surface area contributed by atoms with Crippen molar-refractivity contribution in [2.45, 2.75) is 46.1 Å². The third-order valence-electron chi connectivity index (χ3n) is 6.55. The molecule has 0 saturated heterocycles. The van der Waals surface area contributed by atoms with Crippen LogP contribution in [0.3, 0.4) is 0 Å². The van der Waals surface area contributed by atoms with E-state index in [9.17, 15) is 0 Å². The predicted octanol–water partition coefficient (Wildman–Crippen LogP) is 7.14. The number of hydrogen-bond acceptors (Lipinski definition) is 0. The fourth-order valence-corrected chi connectivity index (χ4v) is 19.4. The average Bonchev–Trinajstić information content (AvgIpc) is 3.04. The molecule has 0 amide bonds. The van der Waals surface area contributed by atoms with Crippen molar-refractivity contribution in [3.05, 3.63) is 81.9 Å². The zero-order valence-corrected chi connectivity index (χ0v) is 19.6. The predicted molar refractivity (Wildman–Crippen MR) is 105 cm³/mol. The van der Waals surface area contributed by atoms with E-state index in [-0.39, 0.29) is 0 Å². The molecule has 0 heterocycles. The zero-order chi connectivity index (χ0) is 17.7. The molecule has 0 nitrogen and oxygen atoms in total.